The standard InChI is InChI=1S/C10H14N2O2/c11-6-7-1-2-8(5-7)12-9-3-4-14-10(9)13/h7-9,12H,1-5H2. The molecular formula is C10H14N2O2. The van der Waals surface area contributed by atoms with Crippen LogP contribution in [0.5, 0.6) is 0 Å². The molecule has 14 heavy (non-hydrogen) atoms. The van der Waals surface area contributed by atoms with Gasteiger partial charge in [0.2, 0.25) is 0 Å². The summed E-state index contributed by atoms with van der Waals surface area (Å²) in [6.45, 7) is 0.533. The number of nitriles is 1. The van der Waals surface area contributed by atoms with Crippen molar-refractivity contribution in [3.63, 3.8) is 0 Å². The van der Waals surface area contributed by atoms with Gasteiger partial charge in [-0.05, 0) is 19.3 Å². The molecule has 0 radical (unpaired) electrons. The molecule has 1 saturated heterocycles. The smallest absolute Gasteiger partial charge is 0.323 e. The Morgan fingerprint density at radius 3 is 2.86 bits per heavy atom. The number of ether oxygens (including phenoxy) is 1. The fourth-order valence-electron chi connectivity index (χ4n) is 2.18. The highest BCUT2D eigenvalue weighted by Crippen LogP contribution is 2.25. The van der Waals surface area contributed by atoms with E-state index in [2.05, 4.69) is 11.4 Å². The molecule has 4 nitrogen and oxygen atoms in total. The van der Waals surface area contributed by atoms with Gasteiger partial charge in [0.1, 0.15) is 6.04 Å². The van der Waals surface area contributed by atoms with Crippen LogP contribution in [0, 0.1) is 17.2 Å². The van der Waals surface area contributed by atoms with Crippen molar-refractivity contribution >= 4 is 5.97 Å². The summed E-state index contributed by atoms with van der Waals surface area (Å²) in [6.07, 6.45) is 3.60. The zero-order valence-corrected chi connectivity index (χ0v) is 8.03. The second-order valence-electron chi connectivity index (χ2n) is 4.01. The molecule has 76 valence electrons. The van der Waals surface area contributed by atoms with Crippen molar-refractivity contribution in [2.24, 2.45) is 5.92 Å². The van der Waals surface area contributed by atoms with Gasteiger partial charge in [0.05, 0.1) is 12.7 Å². The van der Waals surface area contributed by atoms with Crippen LogP contribution in [0.2, 0.25) is 0 Å². The largest absolute Gasteiger partial charge is 0.464 e. The molecule has 0 aromatic carbocycles. The third-order valence-electron chi connectivity index (χ3n) is 2.99. The van der Waals surface area contributed by atoms with E-state index in [0.717, 1.165) is 25.7 Å². The summed E-state index contributed by atoms with van der Waals surface area (Å²) in [5, 5.41) is 12.0. The fourth-order valence-corrected chi connectivity index (χ4v) is 2.18. The monoisotopic (exact) mass is 194 g/mol. The first-order chi connectivity index (χ1) is 6.79. The van der Waals surface area contributed by atoms with E-state index >= 15 is 0 Å². The SMILES string of the molecule is N#CC1CCC(NC2CCOC2=O)C1. The highest BCUT2D eigenvalue weighted by molar-refractivity contribution is 5.77. The lowest BCUT2D eigenvalue weighted by atomic mass is 10.1. The third kappa shape index (κ3) is 1.88. The van der Waals surface area contributed by atoms with Crippen molar-refractivity contribution in [2.45, 2.75) is 37.8 Å². The average molecular weight is 194 g/mol. The number of esters is 1. The van der Waals surface area contributed by atoms with Crippen molar-refractivity contribution in [3.8, 4) is 6.07 Å². The number of rotatable bonds is 2. The van der Waals surface area contributed by atoms with E-state index in [1.54, 1.807) is 0 Å². The van der Waals surface area contributed by atoms with Crippen molar-refractivity contribution in [1.29, 1.82) is 5.26 Å². The summed E-state index contributed by atoms with van der Waals surface area (Å²) < 4.78 is 4.86. The molecule has 0 bridgehead atoms. The summed E-state index contributed by atoms with van der Waals surface area (Å²) in [5.74, 6) is 0.0373. The Hall–Kier alpha value is -1.08. The van der Waals surface area contributed by atoms with Gasteiger partial charge in [-0.15, -0.1) is 0 Å². The van der Waals surface area contributed by atoms with E-state index in [4.69, 9.17) is 10.00 Å². The molecule has 1 aliphatic carbocycles. The maximum absolute atomic E-state index is 11.2. The summed E-state index contributed by atoms with van der Waals surface area (Å²) in [5.41, 5.74) is 0. The molecule has 0 amide bonds. The summed E-state index contributed by atoms with van der Waals surface area (Å²) >= 11 is 0. The molecule has 1 N–H and O–H groups in total. The van der Waals surface area contributed by atoms with Gasteiger partial charge in [0, 0.05) is 18.4 Å². The average Bonchev–Trinajstić information content (AvgIpc) is 2.77. The van der Waals surface area contributed by atoms with Crippen LogP contribution >= 0.6 is 0 Å². The van der Waals surface area contributed by atoms with Gasteiger partial charge >= 0.3 is 5.97 Å². The Morgan fingerprint density at radius 1 is 1.43 bits per heavy atom. The second-order valence-corrected chi connectivity index (χ2v) is 4.01. The normalized spacial score (nSPS) is 36.8. The van der Waals surface area contributed by atoms with Gasteiger partial charge in [-0.2, -0.15) is 5.26 Å². The van der Waals surface area contributed by atoms with E-state index in [1.165, 1.54) is 0 Å². The Morgan fingerprint density at radius 2 is 2.29 bits per heavy atom. The van der Waals surface area contributed by atoms with Crippen LogP contribution in [0.1, 0.15) is 25.7 Å². The Labute approximate surface area is 83.2 Å². The molecule has 1 saturated carbocycles. The molecule has 1 heterocycles. The maximum Gasteiger partial charge on any atom is 0.323 e. The van der Waals surface area contributed by atoms with Crippen molar-refractivity contribution < 1.29 is 9.53 Å². The Bertz CT molecular complexity index is 272. The quantitative estimate of drug-likeness (QED) is 0.653. The Kier molecular flexibility index (Phi) is 2.69. The molecule has 2 rings (SSSR count). The minimum absolute atomic E-state index is 0.127. The molecule has 0 aromatic heterocycles. The predicted molar refractivity (Wildman–Crippen MR) is 49.2 cm³/mol. The van der Waals surface area contributed by atoms with Gasteiger partial charge in [-0.3, -0.25) is 4.79 Å². The molecular weight excluding hydrogens is 180 g/mol. The van der Waals surface area contributed by atoms with Gasteiger partial charge in [0.15, 0.2) is 0 Å². The fraction of sp³-hybridized carbons (Fsp3) is 0.800. The highest BCUT2D eigenvalue weighted by atomic mass is 16.5. The Balaban J connectivity index is 1.81. The zero-order chi connectivity index (χ0) is 9.97. The number of hydrogen-bond acceptors (Lipinski definition) is 4. The number of carbonyl (C=O) groups excluding carboxylic acids is 1. The molecule has 2 aliphatic rings. The minimum Gasteiger partial charge on any atom is -0.464 e. The lowest BCUT2D eigenvalue weighted by Crippen LogP contribution is -2.39. The maximum atomic E-state index is 11.2. The lowest BCUT2D eigenvalue weighted by Gasteiger charge is -2.14. The molecule has 0 spiro atoms. The van der Waals surface area contributed by atoms with Crippen LogP contribution in [0.3, 0.4) is 0 Å². The van der Waals surface area contributed by atoms with Crippen LogP contribution in [-0.4, -0.2) is 24.7 Å². The van der Waals surface area contributed by atoms with Crippen LogP contribution < -0.4 is 5.32 Å². The molecule has 3 unspecified atom stereocenters. The van der Waals surface area contributed by atoms with Gasteiger partial charge in [0.25, 0.3) is 0 Å². The van der Waals surface area contributed by atoms with E-state index < -0.39 is 0 Å². The summed E-state index contributed by atoms with van der Waals surface area (Å²) in [6, 6.07) is 2.48. The summed E-state index contributed by atoms with van der Waals surface area (Å²) in [4.78, 5) is 11.2. The first kappa shape index (κ1) is 9.47. The van der Waals surface area contributed by atoms with Crippen molar-refractivity contribution in [2.75, 3.05) is 6.61 Å². The molecule has 1 aliphatic heterocycles. The van der Waals surface area contributed by atoms with Gasteiger partial charge < -0.3 is 10.1 Å². The first-order valence-corrected chi connectivity index (χ1v) is 5.12. The number of cyclic esters (lactones) is 1. The topological polar surface area (TPSA) is 62.1 Å². The van der Waals surface area contributed by atoms with Crippen LogP contribution in [0.4, 0.5) is 0 Å². The lowest BCUT2D eigenvalue weighted by molar-refractivity contribution is -0.139. The van der Waals surface area contributed by atoms with Gasteiger partial charge in [-0.25, -0.2) is 0 Å². The third-order valence-corrected chi connectivity index (χ3v) is 2.99. The summed E-state index contributed by atoms with van der Waals surface area (Å²) in [7, 11) is 0. The van der Waals surface area contributed by atoms with Crippen molar-refractivity contribution in [3.05, 3.63) is 0 Å². The number of nitrogens with zero attached hydrogens (tertiary/aromatic N) is 1. The molecule has 0 aromatic rings. The second kappa shape index (κ2) is 3.97. The molecule has 2 fully saturated rings. The zero-order valence-electron chi connectivity index (χ0n) is 8.03. The van der Waals surface area contributed by atoms with Crippen molar-refractivity contribution in [1.82, 2.24) is 5.32 Å². The number of nitrogens with one attached hydrogen (secondary N) is 1. The minimum atomic E-state index is -0.134. The van der Waals surface area contributed by atoms with E-state index in [9.17, 15) is 4.79 Å². The van der Waals surface area contributed by atoms with Crippen LogP contribution in [0.25, 0.3) is 0 Å². The molecule has 4 heteroatoms. The van der Waals surface area contributed by atoms with Crippen LogP contribution in [-0.2, 0) is 9.53 Å². The first-order valence-electron chi connectivity index (χ1n) is 5.12. The van der Waals surface area contributed by atoms with Gasteiger partial charge in [-0.1, -0.05) is 0 Å². The van der Waals surface area contributed by atoms with E-state index in [0.29, 0.717) is 12.6 Å². The van der Waals surface area contributed by atoms with E-state index in [1.807, 2.05) is 0 Å². The molecule has 3 atom stereocenters. The predicted octanol–water partition coefficient (Wildman–Crippen LogP) is 0.584. The van der Waals surface area contributed by atoms with Crippen LogP contribution in [0.15, 0.2) is 0 Å². The highest BCUT2D eigenvalue weighted by Gasteiger charge is 2.32. The number of hydrogen-bond donors (Lipinski definition) is 1. The number of carbonyl (C=O) groups is 1. The van der Waals surface area contributed by atoms with E-state index in [-0.39, 0.29) is 17.9 Å².